The van der Waals surface area contributed by atoms with Crippen LogP contribution in [-0.4, -0.2) is 22.9 Å². The predicted octanol–water partition coefficient (Wildman–Crippen LogP) is 18.0. The van der Waals surface area contributed by atoms with Crippen molar-refractivity contribution in [3.63, 3.8) is 0 Å². The molecule has 10 aromatic rings. The van der Waals surface area contributed by atoms with Gasteiger partial charge >= 0.3 is 477 Å². The number of rotatable bonds is 5. The van der Waals surface area contributed by atoms with Gasteiger partial charge in [-0.2, -0.15) is 0 Å². The first-order valence-corrected chi connectivity index (χ1v) is 34.4. The van der Waals surface area contributed by atoms with Gasteiger partial charge in [0.15, 0.2) is 0 Å². The third kappa shape index (κ3) is 7.88. The van der Waals surface area contributed by atoms with Crippen molar-refractivity contribution in [3.8, 4) is 5.69 Å². The predicted molar refractivity (Wildman–Crippen MR) is 343 cm³/mol. The summed E-state index contributed by atoms with van der Waals surface area (Å²) in [4.78, 5) is 8.11. The Balaban J connectivity index is 1.29. The molecule has 3 aliphatic rings. The van der Waals surface area contributed by atoms with Gasteiger partial charge in [-0.05, 0) is 0 Å². The van der Waals surface area contributed by atoms with Crippen LogP contribution in [-0.2, 0) is 27.1 Å². The molecule has 0 aliphatic carbocycles. The third-order valence-electron chi connectivity index (χ3n) is 17.6. The summed E-state index contributed by atoms with van der Waals surface area (Å²) >= 11 is -4.73. The molecule has 0 bridgehead atoms. The molecule has 0 atom stereocenters. The summed E-state index contributed by atoms with van der Waals surface area (Å²) in [5, 5.41) is 2.51. The second-order valence-corrected chi connectivity index (χ2v) is 38.2. The van der Waals surface area contributed by atoms with Gasteiger partial charge < -0.3 is 0 Å². The number of aromatic nitrogens is 1. The zero-order chi connectivity index (χ0) is 55.5. The van der Waals surface area contributed by atoms with Gasteiger partial charge in [0, 0.05) is 0 Å². The Kier molecular flexibility index (Phi) is 11.4. The first-order chi connectivity index (χ1) is 37.3. The molecular formula is C74H76N4Sn. The molecule has 79 heavy (non-hydrogen) atoms. The molecule has 0 saturated carbocycles. The van der Waals surface area contributed by atoms with Crippen molar-refractivity contribution in [2.45, 2.75) is 131 Å². The molecule has 3 aliphatic heterocycles. The molecule has 0 fully saturated rings. The maximum absolute atomic E-state index is 4.73. The van der Waals surface area contributed by atoms with Crippen LogP contribution in [0.25, 0.3) is 27.5 Å². The van der Waals surface area contributed by atoms with E-state index < -0.39 is 18.4 Å². The molecule has 0 saturated heterocycles. The summed E-state index contributed by atoms with van der Waals surface area (Å²) < 4.78 is 8.52. The number of hydrogen-bond acceptors (Lipinski definition) is 3. The zero-order valence-corrected chi connectivity index (χ0v) is 52.0. The zero-order valence-electron chi connectivity index (χ0n) is 49.2. The van der Waals surface area contributed by atoms with E-state index in [1.807, 2.05) is 0 Å². The Morgan fingerprint density at radius 3 is 0.848 bits per heavy atom. The van der Waals surface area contributed by atoms with Crippen LogP contribution in [0.15, 0.2) is 188 Å². The molecule has 4 heterocycles. The molecule has 4 nitrogen and oxygen atoms in total. The number of hydrogen-bond donors (Lipinski definition) is 0. The van der Waals surface area contributed by atoms with Gasteiger partial charge in [0.25, 0.3) is 0 Å². The van der Waals surface area contributed by atoms with E-state index in [4.69, 9.17) is 0 Å². The number of para-hydroxylation sites is 2. The van der Waals surface area contributed by atoms with Gasteiger partial charge in [-0.3, -0.25) is 0 Å². The van der Waals surface area contributed by atoms with E-state index in [1.165, 1.54) is 104 Å². The van der Waals surface area contributed by atoms with E-state index in [2.05, 4.69) is 311 Å². The molecule has 0 unspecified atom stereocenters. The van der Waals surface area contributed by atoms with Crippen LogP contribution in [0.5, 0.6) is 0 Å². The number of benzene rings is 9. The van der Waals surface area contributed by atoms with Crippen LogP contribution in [0.2, 0.25) is 0 Å². The fourth-order valence-corrected chi connectivity index (χ4v) is 29.6. The van der Waals surface area contributed by atoms with Crippen molar-refractivity contribution in [2.75, 3.05) is 14.7 Å². The molecule has 0 spiro atoms. The fourth-order valence-electron chi connectivity index (χ4n) is 13.3. The monoisotopic (exact) mass is 1140 g/mol. The standard InChI is InChI=1S/C68H71N4.C6H5.Sn/c1-64(2,3)45-24-30-50(31-25-45)69-53-36-48(67(10,11)12)38-55(40-53)70(51-32-26-46(27-33-51)65(4,5)6)57-42-58(44-59(43-57)72-62-22-18-16-20-60(62)61-21-17-19-23-63(61)72)71(52-34-28-47(29-35-52)66(7,8)9)56-39-49(68(13,14)15)37-54(69)41-56;1-2-4-6-5-3-1;/h16-39,43-44H,1-15H3;1-5H;. The van der Waals surface area contributed by atoms with Gasteiger partial charge in [0.05, 0.1) is 0 Å². The molecule has 1 aromatic heterocycles. The van der Waals surface area contributed by atoms with Gasteiger partial charge in [0.1, 0.15) is 0 Å². The van der Waals surface area contributed by atoms with Crippen molar-refractivity contribution in [1.82, 2.24) is 4.57 Å². The van der Waals surface area contributed by atoms with Crippen LogP contribution in [0.4, 0.5) is 51.2 Å². The molecule has 5 heteroatoms. The van der Waals surface area contributed by atoms with E-state index in [1.54, 1.807) is 0 Å². The van der Waals surface area contributed by atoms with Crippen LogP contribution in [0.3, 0.4) is 0 Å². The molecule has 13 rings (SSSR count). The van der Waals surface area contributed by atoms with Gasteiger partial charge in [0.2, 0.25) is 0 Å². The Morgan fingerprint density at radius 1 is 0.266 bits per heavy atom. The summed E-state index contributed by atoms with van der Waals surface area (Å²) in [5.41, 5.74) is 21.0. The van der Waals surface area contributed by atoms with Crippen LogP contribution in [0.1, 0.15) is 132 Å². The van der Waals surface area contributed by atoms with Gasteiger partial charge in [-0.15, -0.1) is 0 Å². The summed E-state index contributed by atoms with van der Waals surface area (Å²) in [7, 11) is 0. The van der Waals surface area contributed by atoms with E-state index in [0.717, 1.165) is 17.1 Å². The summed E-state index contributed by atoms with van der Waals surface area (Å²) in [6.07, 6.45) is 0. The Labute approximate surface area is 474 Å². The summed E-state index contributed by atoms with van der Waals surface area (Å²) in [5.74, 6) is 0. The first-order valence-electron chi connectivity index (χ1n) is 28.7. The summed E-state index contributed by atoms with van der Waals surface area (Å²) in [6, 6.07) is 74.3. The van der Waals surface area contributed by atoms with E-state index in [-0.39, 0.29) is 27.1 Å². The molecular weight excluding hydrogens is 1060 g/mol. The SMILES string of the molecule is CC(C)(C)c1ccc(N2c3cc(-n4c5ccccc5c5ccccc54)cc4[c]3[Sn]3([c]5ccccc5)[c]5c2cc(C(C)(C)C)cc5N(c2ccc(C(C)(C)C)cc2)c2cc(C(C)(C)C)cc([c]23)N4c2ccc(C(C)(C)C)cc2)cc1. The minimum absolute atomic E-state index is 0.000245. The number of nitrogens with zero attached hydrogens (tertiary/aromatic N) is 4. The number of anilines is 9. The Hall–Kier alpha value is -7.02. The van der Waals surface area contributed by atoms with Crippen molar-refractivity contribution in [3.05, 3.63) is 216 Å². The second-order valence-electron chi connectivity index (χ2n) is 28.0. The number of fused-ring (bicyclic) bond motifs is 3. The van der Waals surface area contributed by atoms with Crippen molar-refractivity contribution in [2.24, 2.45) is 0 Å². The van der Waals surface area contributed by atoms with E-state index in [9.17, 15) is 0 Å². The van der Waals surface area contributed by atoms with Crippen molar-refractivity contribution < 1.29 is 0 Å². The average Bonchev–Trinajstić information content (AvgIpc) is 3.84. The topological polar surface area (TPSA) is 14.7 Å². The van der Waals surface area contributed by atoms with Crippen LogP contribution in [0, 0.1) is 0 Å². The molecule has 0 radical (unpaired) electrons. The van der Waals surface area contributed by atoms with E-state index in [0.29, 0.717) is 0 Å². The quantitative estimate of drug-likeness (QED) is 0.160. The normalized spacial score (nSPS) is 14.8. The average molecular weight is 1140 g/mol. The van der Waals surface area contributed by atoms with E-state index >= 15 is 0 Å². The third-order valence-corrected chi connectivity index (χ3v) is 31.8. The van der Waals surface area contributed by atoms with Crippen molar-refractivity contribution >= 4 is 106 Å². The second kappa shape index (κ2) is 17.5. The molecule has 0 amide bonds. The Morgan fingerprint density at radius 2 is 0.544 bits per heavy atom. The van der Waals surface area contributed by atoms with Crippen LogP contribution < -0.4 is 29.0 Å². The minimum atomic E-state index is -4.73. The van der Waals surface area contributed by atoms with Crippen LogP contribution >= 0.6 is 0 Å². The fraction of sp³-hybridized carbons (Fsp3) is 0.270. The Bertz CT molecular complexity index is 3860. The molecule has 9 aromatic carbocycles. The maximum atomic E-state index is 2.71. The van der Waals surface area contributed by atoms with Crippen molar-refractivity contribution in [1.29, 1.82) is 0 Å². The summed E-state index contributed by atoms with van der Waals surface area (Å²) in [6.45, 7) is 35.3. The van der Waals surface area contributed by atoms with Gasteiger partial charge in [-0.25, -0.2) is 0 Å². The first kappa shape index (κ1) is 51.4. The molecule has 396 valence electrons. The van der Waals surface area contributed by atoms with Gasteiger partial charge in [-0.1, -0.05) is 0 Å². The molecule has 0 N–H and O–H groups in total.